The Morgan fingerprint density at radius 1 is 1.00 bits per heavy atom. The maximum atomic E-state index is 15.1. The van der Waals surface area contributed by atoms with Crippen molar-refractivity contribution < 1.29 is 13.9 Å². The molecule has 4 heteroatoms. The quantitative estimate of drug-likeness (QED) is 0.664. The summed E-state index contributed by atoms with van der Waals surface area (Å²) in [5, 5.41) is 0. The Morgan fingerprint density at radius 3 is 2.07 bits per heavy atom. The van der Waals surface area contributed by atoms with Gasteiger partial charge in [0.15, 0.2) is 0 Å². The first kappa shape index (κ1) is 19.9. The molecule has 0 spiro atoms. The molecule has 1 heterocycles. The highest BCUT2D eigenvalue weighted by Crippen LogP contribution is 2.54. The lowest BCUT2D eigenvalue weighted by molar-refractivity contribution is 0.0279. The fraction of sp³-hybridized carbons (Fsp3) is 0.480. The van der Waals surface area contributed by atoms with E-state index in [0.29, 0.717) is 19.5 Å². The van der Waals surface area contributed by atoms with Gasteiger partial charge in [-0.1, -0.05) is 60.7 Å². The lowest BCUT2D eigenvalue weighted by atomic mass is 9.56. The van der Waals surface area contributed by atoms with Crippen molar-refractivity contribution in [3.63, 3.8) is 0 Å². The van der Waals surface area contributed by atoms with Gasteiger partial charge in [0.1, 0.15) is 11.8 Å². The van der Waals surface area contributed by atoms with Gasteiger partial charge in [0.05, 0.1) is 0 Å². The largest absolute Gasteiger partial charge is 0.444 e. The van der Waals surface area contributed by atoms with Crippen molar-refractivity contribution >= 4 is 6.09 Å². The molecule has 0 unspecified atom stereocenters. The third kappa shape index (κ3) is 3.65. The van der Waals surface area contributed by atoms with Gasteiger partial charge in [-0.3, -0.25) is 0 Å². The van der Waals surface area contributed by atoms with Gasteiger partial charge in [0, 0.05) is 24.4 Å². The Labute approximate surface area is 172 Å². The summed E-state index contributed by atoms with van der Waals surface area (Å²) < 4.78 is 20.7. The third-order valence-corrected chi connectivity index (χ3v) is 6.51. The van der Waals surface area contributed by atoms with E-state index in [4.69, 9.17) is 4.74 Å². The predicted octanol–water partition coefficient (Wildman–Crippen LogP) is 5.59. The van der Waals surface area contributed by atoms with Crippen LogP contribution in [0.15, 0.2) is 60.7 Å². The number of alkyl halides is 1. The van der Waals surface area contributed by atoms with Crippen molar-refractivity contribution in [1.29, 1.82) is 0 Å². The zero-order valence-corrected chi connectivity index (χ0v) is 17.5. The number of benzene rings is 2. The van der Waals surface area contributed by atoms with E-state index in [2.05, 4.69) is 48.5 Å². The fourth-order valence-corrected chi connectivity index (χ4v) is 5.31. The molecule has 3 atom stereocenters. The second kappa shape index (κ2) is 7.47. The summed E-state index contributed by atoms with van der Waals surface area (Å²) >= 11 is 0. The highest BCUT2D eigenvalue weighted by Gasteiger charge is 2.56. The molecule has 0 N–H and O–H groups in total. The highest BCUT2D eigenvalue weighted by atomic mass is 19.1. The van der Waals surface area contributed by atoms with Gasteiger partial charge in [-0.15, -0.1) is 0 Å². The van der Waals surface area contributed by atoms with Crippen molar-refractivity contribution in [1.82, 2.24) is 4.90 Å². The Bertz CT molecular complexity index is 807. The topological polar surface area (TPSA) is 29.5 Å². The molecular weight excluding hydrogens is 365 g/mol. The van der Waals surface area contributed by atoms with Gasteiger partial charge in [-0.2, -0.15) is 0 Å². The van der Waals surface area contributed by atoms with Crippen molar-refractivity contribution in [3.8, 4) is 0 Å². The average Bonchev–Trinajstić information content (AvgIpc) is 3.16. The summed E-state index contributed by atoms with van der Waals surface area (Å²) in [7, 11) is 0. The minimum Gasteiger partial charge on any atom is -0.444 e. The molecule has 2 aliphatic rings. The highest BCUT2D eigenvalue weighted by molar-refractivity contribution is 5.69. The number of fused-ring (bicyclic) bond motifs is 1. The molecule has 29 heavy (non-hydrogen) atoms. The van der Waals surface area contributed by atoms with Crippen LogP contribution in [0.1, 0.15) is 44.7 Å². The third-order valence-electron chi connectivity index (χ3n) is 6.51. The molecule has 1 aliphatic heterocycles. The molecule has 1 amide bonds. The minimum atomic E-state index is -0.895. The summed E-state index contributed by atoms with van der Waals surface area (Å²) in [6, 6.07) is 20.8. The molecule has 2 aromatic rings. The molecule has 1 saturated carbocycles. The number of halogens is 1. The van der Waals surface area contributed by atoms with Crippen LogP contribution < -0.4 is 0 Å². The van der Waals surface area contributed by atoms with Gasteiger partial charge in [-0.05, 0) is 50.7 Å². The molecule has 4 rings (SSSR count). The van der Waals surface area contributed by atoms with Gasteiger partial charge in [0.25, 0.3) is 0 Å². The maximum Gasteiger partial charge on any atom is 0.410 e. The summed E-state index contributed by atoms with van der Waals surface area (Å²) in [5.41, 5.74) is 1.56. The summed E-state index contributed by atoms with van der Waals surface area (Å²) in [6.07, 6.45) is 0.0145. The van der Waals surface area contributed by atoms with Crippen LogP contribution in [0.4, 0.5) is 9.18 Å². The second-order valence-electron chi connectivity index (χ2n) is 9.41. The number of hydrogen-bond donors (Lipinski definition) is 0. The molecule has 2 aromatic carbocycles. The van der Waals surface area contributed by atoms with Crippen molar-refractivity contribution in [3.05, 3.63) is 71.8 Å². The summed E-state index contributed by atoms with van der Waals surface area (Å²) in [6.45, 7) is 6.53. The lowest BCUT2D eigenvalue weighted by Crippen LogP contribution is -2.47. The van der Waals surface area contributed by atoms with E-state index in [1.165, 1.54) is 11.1 Å². The monoisotopic (exact) mass is 395 g/mol. The van der Waals surface area contributed by atoms with Crippen LogP contribution in [-0.2, 0) is 10.2 Å². The summed E-state index contributed by atoms with van der Waals surface area (Å²) in [4.78, 5) is 14.5. The van der Waals surface area contributed by atoms with Gasteiger partial charge in [0.2, 0.25) is 0 Å². The smallest absolute Gasteiger partial charge is 0.410 e. The molecule has 0 aromatic heterocycles. The van der Waals surface area contributed by atoms with E-state index in [0.717, 1.165) is 6.42 Å². The minimum absolute atomic E-state index is 0.0172. The van der Waals surface area contributed by atoms with E-state index in [9.17, 15) is 4.79 Å². The first-order valence-electron chi connectivity index (χ1n) is 10.5. The first-order valence-corrected chi connectivity index (χ1v) is 10.5. The van der Waals surface area contributed by atoms with Crippen LogP contribution in [0.5, 0.6) is 0 Å². The Hall–Kier alpha value is -2.36. The predicted molar refractivity (Wildman–Crippen MR) is 113 cm³/mol. The SMILES string of the molecule is CC(C)(C)OC(=O)N1C[C@@H]2[C@H](F)CCC(c3ccccc3)(c3ccccc3)[C@@H]2C1. The van der Waals surface area contributed by atoms with E-state index in [-0.39, 0.29) is 23.3 Å². The zero-order chi connectivity index (χ0) is 20.6. The van der Waals surface area contributed by atoms with Crippen molar-refractivity contribution in [2.45, 2.75) is 50.8 Å². The number of amides is 1. The molecule has 154 valence electrons. The van der Waals surface area contributed by atoms with E-state index < -0.39 is 11.8 Å². The van der Waals surface area contributed by atoms with Crippen LogP contribution in [-0.4, -0.2) is 35.9 Å². The van der Waals surface area contributed by atoms with Gasteiger partial charge in [-0.25, -0.2) is 9.18 Å². The van der Waals surface area contributed by atoms with Gasteiger partial charge < -0.3 is 9.64 Å². The standard InChI is InChI=1S/C25H30FNO2/c1-24(2,3)29-23(28)27-16-20-21(17-27)25(15-14-22(20)26,18-10-6-4-7-11-18)19-12-8-5-9-13-19/h4-13,20-22H,14-17H2,1-3H3/t20-,21+,22+/m0/s1. The maximum absolute atomic E-state index is 15.1. The lowest BCUT2D eigenvalue weighted by Gasteiger charge is -2.47. The average molecular weight is 396 g/mol. The second-order valence-corrected chi connectivity index (χ2v) is 9.41. The number of nitrogens with zero attached hydrogens (tertiary/aromatic N) is 1. The van der Waals surface area contributed by atoms with E-state index >= 15 is 4.39 Å². The number of carbonyl (C=O) groups excluding carboxylic acids is 1. The summed E-state index contributed by atoms with van der Waals surface area (Å²) in [5.74, 6) is -0.166. The number of likely N-dealkylation sites (tertiary alicyclic amines) is 1. The van der Waals surface area contributed by atoms with Gasteiger partial charge >= 0.3 is 6.09 Å². The first-order chi connectivity index (χ1) is 13.8. The molecule has 3 nitrogen and oxygen atoms in total. The van der Waals surface area contributed by atoms with Crippen LogP contribution in [0.3, 0.4) is 0 Å². The molecule has 0 radical (unpaired) electrons. The molecule has 0 bridgehead atoms. The Balaban J connectivity index is 1.76. The number of rotatable bonds is 2. The number of ether oxygens (including phenoxy) is 1. The molecule has 2 fully saturated rings. The normalized spacial score (nSPS) is 26.1. The molecule has 1 saturated heterocycles. The van der Waals surface area contributed by atoms with Crippen molar-refractivity contribution in [2.24, 2.45) is 11.8 Å². The van der Waals surface area contributed by atoms with E-state index in [1.807, 2.05) is 32.9 Å². The van der Waals surface area contributed by atoms with Crippen molar-refractivity contribution in [2.75, 3.05) is 13.1 Å². The Kier molecular flexibility index (Phi) is 5.14. The van der Waals surface area contributed by atoms with Crippen LogP contribution in [0.25, 0.3) is 0 Å². The number of carbonyl (C=O) groups is 1. The zero-order valence-electron chi connectivity index (χ0n) is 17.5. The van der Waals surface area contributed by atoms with Crippen LogP contribution in [0, 0.1) is 11.8 Å². The van der Waals surface area contributed by atoms with Crippen LogP contribution in [0.2, 0.25) is 0 Å². The van der Waals surface area contributed by atoms with E-state index in [1.54, 1.807) is 4.90 Å². The van der Waals surface area contributed by atoms with Crippen LogP contribution >= 0.6 is 0 Å². The molecular formula is C25H30FNO2. The Morgan fingerprint density at radius 2 is 1.55 bits per heavy atom. The fourth-order valence-electron chi connectivity index (χ4n) is 5.31. The molecule has 1 aliphatic carbocycles. The number of hydrogen-bond acceptors (Lipinski definition) is 2.